The van der Waals surface area contributed by atoms with Crippen molar-refractivity contribution >= 4 is 22.5 Å². The molecule has 0 unspecified atom stereocenters. The number of carbonyl (C=O) groups is 1. The van der Waals surface area contributed by atoms with E-state index in [1.807, 2.05) is 30.5 Å². The minimum absolute atomic E-state index is 0.0377. The highest BCUT2D eigenvalue weighted by atomic mass is 16.3. The second kappa shape index (κ2) is 9.64. The predicted octanol–water partition coefficient (Wildman–Crippen LogP) is 5.48. The van der Waals surface area contributed by atoms with E-state index >= 15 is 0 Å². The number of aromatic nitrogens is 1. The van der Waals surface area contributed by atoms with Gasteiger partial charge in [-0.3, -0.25) is 4.79 Å². The lowest BCUT2D eigenvalue weighted by atomic mass is 9.43. The van der Waals surface area contributed by atoms with Crippen molar-refractivity contribution in [3.63, 3.8) is 0 Å². The van der Waals surface area contributed by atoms with E-state index in [-0.39, 0.29) is 34.9 Å². The number of amides is 1. The molecule has 4 fully saturated rings. The lowest BCUT2D eigenvalue weighted by molar-refractivity contribution is -0.207. The SMILES string of the molecule is C[C@H](CCC(=O)Nc1cccc2[nH]ccc12)[C@H]1CC[C@H]2[C@@H]3[C@H](O)C[C@@H]4C[C@H](O)CC[C@]4(C)[C@H]3C[C@H](O)[C@]12C. The zero-order valence-corrected chi connectivity index (χ0v) is 23.2. The number of aliphatic hydroxyl groups is 3. The summed E-state index contributed by atoms with van der Waals surface area (Å²) in [5.41, 5.74) is 1.72. The van der Waals surface area contributed by atoms with E-state index in [9.17, 15) is 20.1 Å². The van der Waals surface area contributed by atoms with E-state index in [1.54, 1.807) is 0 Å². The van der Waals surface area contributed by atoms with Gasteiger partial charge in [-0.1, -0.05) is 26.8 Å². The molecule has 0 spiro atoms. The smallest absolute Gasteiger partial charge is 0.224 e. The molecule has 0 saturated heterocycles. The quantitative estimate of drug-likeness (QED) is 0.358. The molecule has 11 atom stereocenters. The highest BCUT2D eigenvalue weighted by molar-refractivity contribution is 6.01. The molecule has 4 aliphatic rings. The molecule has 5 N–H and O–H groups in total. The van der Waals surface area contributed by atoms with Crippen molar-refractivity contribution in [1.82, 2.24) is 4.98 Å². The van der Waals surface area contributed by atoms with E-state index in [1.165, 1.54) is 0 Å². The molecular formula is C32H46N2O4. The molecule has 38 heavy (non-hydrogen) atoms. The highest BCUT2D eigenvalue weighted by Crippen LogP contribution is 2.68. The second-order valence-electron chi connectivity index (χ2n) is 13.8. The molecule has 4 saturated carbocycles. The Bertz CT molecular complexity index is 1180. The molecule has 6 nitrogen and oxygen atoms in total. The van der Waals surface area contributed by atoms with Crippen LogP contribution in [0.15, 0.2) is 30.5 Å². The van der Waals surface area contributed by atoms with E-state index in [2.05, 4.69) is 31.1 Å². The van der Waals surface area contributed by atoms with Gasteiger partial charge in [0.15, 0.2) is 0 Å². The Morgan fingerprint density at radius 1 is 1.08 bits per heavy atom. The Morgan fingerprint density at radius 3 is 2.71 bits per heavy atom. The maximum atomic E-state index is 12.9. The third-order valence-electron chi connectivity index (χ3n) is 12.2. The van der Waals surface area contributed by atoms with Crippen LogP contribution in [0.25, 0.3) is 10.9 Å². The van der Waals surface area contributed by atoms with Crippen molar-refractivity contribution in [3.8, 4) is 0 Å². The highest BCUT2D eigenvalue weighted by Gasteiger charge is 2.65. The Balaban J connectivity index is 1.15. The number of fused-ring (bicyclic) bond motifs is 6. The van der Waals surface area contributed by atoms with Crippen molar-refractivity contribution < 1.29 is 20.1 Å². The zero-order valence-electron chi connectivity index (χ0n) is 23.2. The van der Waals surface area contributed by atoms with Crippen LogP contribution in [0.1, 0.15) is 78.6 Å². The topological polar surface area (TPSA) is 106 Å². The van der Waals surface area contributed by atoms with Gasteiger partial charge in [0.1, 0.15) is 0 Å². The number of aromatic amines is 1. The monoisotopic (exact) mass is 522 g/mol. The van der Waals surface area contributed by atoms with E-state index < -0.39 is 6.10 Å². The second-order valence-corrected chi connectivity index (χ2v) is 13.8. The van der Waals surface area contributed by atoms with Crippen LogP contribution in [0.4, 0.5) is 5.69 Å². The summed E-state index contributed by atoms with van der Waals surface area (Å²) >= 11 is 0. The first-order valence-corrected chi connectivity index (χ1v) is 15.0. The Hall–Kier alpha value is -1.89. The first-order chi connectivity index (χ1) is 18.1. The van der Waals surface area contributed by atoms with Gasteiger partial charge in [0.05, 0.1) is 24.0 Å². The van der Waals surface area contributed by atoms with Crippen molar-refractivity contribution in [2.24, 2.45) is 46.3 Å². The molecule has 1 heterocycles. The van der Waals surface area contributed by atoms with E-state index in [4.69, 9.17) is 0 Å². The Kier molecular flexibility index (Phi) is 6.68. The molecule has 1 amide bonds. The number of carbonyl (C=O) groups excluding carboxylic acids is 1. The lowest BCUT2D eigenvalue weighted by Crippen LogP contribution is -2.62. The number of aliphatic hydroxyl groups excluding tert-OH is 3. The summed E-state index contributed by atoms with van der Waals surface area (Å²) in [5.74, 6) is 1.88. The van der Waals surface area contributed by atoms with Crippen LogP contribution in [-0.4, -0.2) is 44.5 Å². The summed E-state index contributed by atoms with van der Waals surface area (Å²) in [6.07, 6.45) is 8.41. The van der Waals surface area contributed by atoms with Crippen LogP contribution in [0.5, 0.6) is 0 Å². The van der Waals surface area contributed by atoms with Crippen molar-refractivity contribution in [3.05, 3.63) is 30.5 Å². The average molecular weight is 523 g/mol. The van der Waals surface area contributed by atoms with Gasteiger partial charge in [-0.25, -0.2) is 0 Å². The summed E-state index contributed by atoms with van der Waals surface area (Å²) in [4.78, 5) is 16.1. The van der Waals surface area contributed by atoms with Crippen molar-refractivity contribution in [1.29, 1.82) is 0 Å². The molecular weight excluding hydrogens is 476 g/mol. The summed E-state index contributed by atoms with van der Waals surface area (Å²) in [6.45, 7) is 6.92. The van der Waals surface area contributed by atoms with Crippen LogP contribution in [0.3, 0.4) is 0 Å². The normalized spacial score (nSPS) is 43.2. The molecule has 6 heteroatoms. The zero-order chi connectivity index (χ0) is 26.8. The van der Waals surface area contributed by atoms with Crippen LogP contribution in [0, 0.1) is 46.3 Å². The fourth-order valence-corrected chi connectivity index (χ4v) is 10.1. The number of H-pyrrole nitrogens is 1. The van der Waals surface area contributed by atoms with Gasteiger partial charge in [0, 0.05) is 23.5 Å². The molecule has 4 aliphatic carbocycles. The van der Waals surface area contributed by atoms with Crippen molar-refractivity contribution in [2.45, 2.75) is 96.9 Å². The molecule has 1 aromatic heterocycles. The van der Waals surface area contributed by atoms with Crippen molar-refractivity contribution in [2.75, 3.05) is 5.32 Å². The predicted molar refractivity (Wildman–Crippen MR) is 149 cm³/mol. The van der Waals surface area contributed by atoms with Gasteiger partial charge in [-0.2, -0.15) is 0 Å². The minimum atomic E-state index is -0.390. The van der Waals surface area contributed by atoms with Gasteiger partial charge >= 0.3 is 0 Å². The molecule has 0 radical (unpaired) electrons. The minimum Gasteiger partial charge on any atom is -0.393 e. The van der Waals surface area contributed by atoms with Gasteiger partial charge in [0.2, 0.25) is 5.91 Å². The van der Waals surface area contributed by atoms with Gasteiger partial charge < -0.3 is 25.6 Å². The van der Waals surface area contributed by atoms with Gasteiger partial charge in [-0.05, 0) is 116 Å². The Labute approximate surface area is 226 Å². The molecule has 6 rings (SSSR count). The number of hydrogen-bond donors (Lipinski definition) is 5. The molecule has 0 aliphatic heterocycles. The Morgan fingerprint density at radius 2 is 1.89 bits per heavy atom. The van der Waals surface area contributed by atoms with Gasteiger partial charge in [-0.15, -0.1) is 0 Å². The standard InChI is InChI=1S/C32H46N2O4/c1-18(7-10-29(38)34-26-6-4-5-25-21(26)12-14-33-25)22-8-9-23-30-24(17-28(37)32(22,23)3)31(2)13-11-20(35)15-19(31)16-27(30)36/h4-6,12,14,18-20,22-24,27-28,30,33,35-37H,7-11,13,15-17H2,1-3H3,(H,34,38)/t18-,19+,20-,22-,23+,24+,27-,28+,30+,31+,32-/m1/s1. The van der Waals surface area contributed by atoms with Crippen LogP contribution in [-0.2, 0) is 4.79 Å². The maximum Gasteiger partial charge on any atom is 0.224 e. The van der Waals surface area contributed by atoms with E-state index in [0.29, 0.717) is 36.0 Å². The van der Waals surface area contributed by atoms with Crippen LogP contribution in [0.2, 0.25) is 0 Å². The summed E-state index contributed by atoms with van der Waals surface area (Å²) in [6, 6.07) is 7.89. The molecule has 2 aromatic rings. The van der Waals surface area contributed by atoms with E-state index in [0.717, 1.165) is 68.0 Å². The average Bonchev–Trinajstić information content (AvgIpc) is 3.50. The first kappa shape index (κ1) is 26.3. The number of nitrogens with one attached hydrogen (secondary N) is 2. The van der Waals surface area contributed by atoms with Crippen LogP contribution < -0.4 is 5.32 Å². The van der Waals surface area contributed by atoms with Crippen LogP contribution >= 0.6 is 0 Å². The number of rotatable bonds is 5. The fraction of sp³-hybridized carbons (Fsp3) is 0.719. The molecule has 1 aromatic carbocycles. The maximum absolute atomic E-state index is 12.9. The number of benzene rings is 1. The first-order valence-electron chi connectivity index (χ1n) is 15.0. The summed E-state index contributed by atoms with van der Waals surface area (Å²) in [5, 5.41) is 37.7. The summed E-state index contributed by atoms with van der Waals surface area (Å²) < 4.78 is 0. The third kappa shape index (κ3) is 4.05. The molecule has 0 bridgehead atoms. The fourth-order valence-electron chi connectivity index (χ4n) is 10.1. The lowest BCUT2D eigenvalue weighted by Gasteiger charge is -2.63. The number of hydrogen-bond acceptors (Lipinski definition) is 4. The largest absolute Gasteiger partial charge is 0.393 e. The number of anilines is 1. The summed E-state index contributed by atoms with van der Waals surface area (Å²) in [7, 11) is 0. The third-order valence-corrected chi connectivity index (χ3v) is 12.2. The van der Waals surface area contributed by atoms with Gasteiger partial charge in [0.25, 0.3) is 0 Å². The molecule has 208 valence electrons.